The molecule has 1 amide bonds. The number of aliphatic hydroxyl groups excluding tert-OH is 1. The number of anilines is 1. The van der Waals surface area contributed by atoms with Crippen LogP contribution in [0, 0.1) is 0 Å². The summed E-state index contributed by atoms with van der Waals surface area (Å²) >= 11 is 0. The first kappa shape index (κ1) is 33.9. The van der Waals surface area contributed by atoms with Crippen molar-refractivity contribution in [2.45, 2.75) is 36.7 Å². The maximum Gasteiger partial charge on any atom is 0.256 e. The zero-order valence-corrected chi connectivity index (χ0v) is 28.4. The van der Waals surface area contributed by atoms with E-state index in [-0.39, 0.29) is 12.5 Å². The molecule has 2 N–H and O–H groups in total. The molecule has 51 heavy (non-hydrogen) atoms. The minimum absolute atomic E-state index is 0.277. The Kier molecular flexibility index (Phi) is 10.0. The maximum atomic E-state index is 12.8. The average molecular weight is 686 g/mol. The third kappa shape index (κ3) is 6.79. The summed E-state index contributed by atoms with van der Waals surface area (Å²) in [7, 11) is 3.30. The second-order valence-corrected chi connectivity index (χ2v) is 12.3. The average Bonchev–Trinajstić information content (AvgIpc) is 3.79. The van der Waals surface area contributed by atoms with Crippen molar-refractivity contribution in [3.05, 3.63) is 144 Å². The third-order valence-electron chi connectivity index (χ3n) is 9.37. The summed E-state index contributed by atoms with van der Waals surface area (Å²) in [4.78, 5) is 26.0. The highest BCUT2D eigenvalue weighted by Gasteiger charge is 2.40. The van der Waals surface area contributed by atoms with Crippen molar-refractivity contribution < 1.29 is 28.8 Å². The monoisotopic (exact) mass is 685 g/mol. The van der Waals surface area contributed by atoms with E-state index in [1.807, 2.05) is 72.8 Å². The number of ether oxygens (including phenoxy) is 4. The van der Waals surface area contributed by atoms with Crippen LogP contribution in [0.4, 0.5) is 5.82 Å². The van der Waals surface area contributed by atoms with Crippen molar-refractivity contribution in [2.24, 2.45) is 0 Å². The molecule has 11 heteroatoms. The number of hydrogen-bond donors (Lipinski definition) is 2. The van der Waals surface area contributed by atoms with Gasteiger partial charge in [0.05, 0.1) is 39.3 Å². The number of nitrogens with zero attached hydrogens (tertiary/aromatic N) is 4. The molecule has 1 fully saturated rings. The van der Waals surface area contributed by atoms with Crippen LogP contribution in [0.15, 0.2) is 122 Å². The minimum atomic E-state index is -0.930. The molecule has 3 atom stereocenters. The zero-order chi connectivity index (χ0) is 35.2. The summed E-state index contributed by atoms with van der Waals surface area (Å²) in [5, 5.41) is 14.3. The summed E-state index contributed by atoms with van der Waals surface area (Å²) in [5.41, 5.74) is 3.38. The fourth-order valence-electron chi connectivity index (χ4n) is 6.71. The third-order valence-corrected chi connectivity index (χ3v) is 9.37. The Morgan fingerprint density at radius 3 is 2.08 bits per heavy atom. The van der Waals surface area contributed by atoms with Crippen LogP contribution >= 0.6 is 0 Å². The summed E-state index contributed by atoms with van der Waals surface area (Å²) in [6.45, 7) is 0.662. The molecule has 0 aliphatic carbocycles. The quantitative estimate of drug-likeness (QED) is 0.108. The van der Waals surface area contributed by atoms with Gasteiger partial charge in [0.25, 0.3) is 5.91 Å². The van der Waals surface area contributed by atoms with E-state index in [0.29, 0.717) is 42.0 Å². The minimum Gasteiger partial charge on any atom is -0.497 e. The van der Waals surface area contributed by atoms with Crippen LogP contribution in [0.2, 0.25) is 0 Å². The molecule has 1 saturated heterocycles. The first-order valence-electron chi connectivity index (χ1n) is 16.8. The highest BCUT2D eigenvalue weighted by molar-refractivity contribution is 6.06. The van der Waals surface area contributed by atoms with Gasteiger partial charge in [0.15, 0.2) is 17.0 Å². The zero-order valence-electron chi connectivity index (χ0n) is 28.4. The highest BCUT2D eigenvalue weighted by Crippen LogP contribution is 2.42. The molecule has 0 unspecified atom stereocenters. The molecule has 7 rings (SSSR count). The Balaban J connectivity index is 1.08. The van der Waals surface area contributed by atoms with Crippen molar-refractivity contribution in [2.75, 3.05) is 32.8 Å². The predicted molar refractivity (Wildman–Crippen MR) is 192 cm³/mol. The van der Waals surface area contributed by atoms with Gasteiger partial charge >= 0.3 is 0 Å². The number of carbonyl (C=O) groups is 1. The number of rotatable bonds is 13. The van der Waals surface area contributed by atoms with Gasteiger partial charge in [-0.25, -0.2) is 15.0 Å². The fourth-order valence-corrected chi connectivity index (χ4v) is 6.71. The second-order valence-electron chi connectivity index (χ2n) is 12.3. The number of methoxy groups -OCH3 is 2. The number of fused-ring (bicyclic) bond motifs is 1. The lowest BCUT2D eigenvalue weighted by Gasteiger charge is -2.36. The van der Waals surface area contributed by atoms with Crippen LogP contribution in [0.1, 0.15) is 45.9 Å². The SMILES string of the molecule is COc1ccc(C(OCCC[C@@H]2OC[C@H](n3cnc4c(NC(=O)c5ccccc5)ncnc43)[C@H]2O)(c2ccccc2)c2ccc(OC)cc2)cc1. The number of nitrogens with one attached hydrogen (secondary N) is 1. The fraction of sp³-hybridized carbons (Fsp3) is 0.250. The maximum absolute atomic E-state index is 12.8. The number of amides is 1. The molecule has 0 spiro atoms. The Bertz CT molecular complexity index is 2010. The molecular formula is C40H39N5O6. The highest BCUT2D eigenvalue weighted by atomic mass is 16.5. The topological polar surface area (TPSA) is 130 Å². The molecule has 260 valence electrons. The first-order chi connectivity index (χ1) is 25.0. The van der Waals surface area contributed by atoms with Gasteiger partial charge in [-0.2, -0.15) is 0 Å². The van der Waals surface area contributed by atoms with Crippen molar-refractivity contribution in [3.63, 3.8) is 0 Å². The lowest BCUT2D eigenvalue weighted by atomic mass is 9.80. The number of aliphatic hydroxyl groups is 1. The lowest BCUT2D eigenvalue weighted by molar-refractivity contribution is -0.00611. The van der Waals surface area contributed by atoms with Gasteiger partial charge in [-0.15, -0.1) is 0 Å². The molecule has 11 nitrogen and oxygen atoms in total. The molecule has 0 bridgehead atoms. The number of benzene rings is 4. The normalized spacial score (nSPS) is 17.4. The van der Waals surface area contributed by atoms with Crippen molar-refractivity contribution in [1.29, 1.82) is 0 Å². The van der Waals surface area contributed by atoms with E-state index in [9.17, 15) is 9.90 Å². The molecule has 1 aliphatic rings. The second kappa shape index (κ2) is 15.1. The lowest BCUT2D eigenvalue weighted by Crippen LogP contribution is -2.34. The predicted octanol–water partition coefficient (Wildman–Crippen LogP) is 6.19. The van der Waals surface area contributed by atoms with Crippen LogP contribution in [0.5, 0.6) is 11.5 Å². The van der Waals surface area contributed by atoms with E-state index in [4.69, 9.17) is 18.9 Å². The number of carbonyl (C=O) groups excluding carboxylic acids is 1. The van der Waals surface area contributed by atoms with Gasteiger partial charge in [-0.05, 0) is 65.9 Å². The van der Waals surface area contributed by atoms with Gasteiger partial charge in [-0.1, -0.05) is 72.8 Å². The van der Waals surface area contributed by atoms with Crippen molar-refractivity contribution in [3.8, 4) is 11.5 Å². The molecule has 1 aliphatic heterocycles. The molecular weight excluding hydrogens is 646 g/mol. The molecule has 2 aromatic heterocycles. The summed E-state index contributed by atoms with van der Waals surface area (Å²) in [6, 6.07) is 34.5. The first-order valence-corrected chi connectivity index (χ1v) is 16.8. The summed E-state index contributed by atoms with van der Waals surface area (Å²) < 4.78 is 25.8. The Morgan fingerprint density at radius 1 is 0.843 bits per heavy atom. The van der Waals surface area contributed by atoms with Crippen molar-refractivity contribution >= 4 is 22.9 Å². The van der Waals surface area contributed by atoms with Gasteiger partial charge in [-0.3, -0.25) is 4.79 Å². The Labute approximate surface area is 295 Å². The van der Waals surface area contributed by atoms with Gasteiger partial charge in [0, 0.05) is 12.2 Å². The molecule has 0 saturated carbocycles. The number of imidazole rings is 1. The molecule has 3 heterocycles. The van der Waals surface area contributed by atoms with Crippen LogP contribution in [-0.2, 0) is 15.1 Å². The molecule has 6 aromatic rings. The van der Waals surface area contributed by atoms with Crippen LogP contribution in [0.3, 0.4) is 0 Å². The van der Waals surface area contributed by atoms with E-state index in [2.05, 4.69) is 32.4 Å². The number of hydrogen-bond acceptors (Lipinski definition) is 9. The summed E-state index contributed by atoms with van der Waals surface area (Å²) in [5.74, 6) is 1.50. The molecule has 4 aromatic carbocycles. The summed E-state index contributed by atoms with van der Waals surface area (Å²) in [6.07, 6.45) is 2.93. The van der Waals surface area contributed by atoms with Crippen molar-refractivity contribution in [1.82, 2.24) is 19.5 Å². The van der Waals surface area contributed by atoms with E-state index in [1.54, 1.807) is 49.4 Å². The van der Waals surface area contributed by atoms with Crippen LogP contribution in [0.25, 0.3) is 11.2 Å². The Hall–Kier alpha value is -5.62. The van der Waals surface area contributed by atoms with Crippen LogP contribution in [-0.4, -0.2) is 70.2 Å². The molecule has 0 radical (unpaired) electrons. The van der Waals surface area contributed by atoms with E-state index < -0.39 is 23.9 Å². The van der Waals surface area contributed by atoms with Crippen LogP contribution < -0.4 is 14.8 Å². The van der Waals surface area contributed by atoms with E-state index in [0.717, 1.165) is 28.2 Å². The number of aromatic nitrogens is 4. The van der Waals surface area contributed by atoms with Gasteiger partial charge < -0.3 is 33.9 Å². The standard InChI is InChI=1S/C40H39N5O6/c1-48-31-19-15-29(16-20-31)40(28-12-7-4-8-13-28,30-17-21-32(49-2)22-18-30)51-23-9-14-34-36(46)33(24-50-34)45-26-43-35-37(41-25-42-38(35)45)44-39(47)27-10-5-3-6-11-27/h3-8,10-13,15-22,25-26,33-34,36,46H,9,14,23-24H2,1-2H3,(H,41,42,44,47)/t33-,34-,36+/m0/s1. The van der Waals surface area contributed by atoms with Gasteiger partial charge in [0.1, 0.15) is 29.5 Å². The Morgan fingerprint density at radius 2 is 1.45 bits per heavy atom. The van der Waals surface area contributed by atoms with E-state index in [1.165, 1.54) is 6.33 Å². The smallest absolute Gasteiger partial charge is 0.256 e. The largest absolute Gasteiger partial charge is 0.497 e. The van der Waals surface area contributed by atoms with Gasteiger partial charge in [0.2, 0.25) is 0 Å². The van der Waals surface area contributed by atoms with E-state index >= 15 is 0 Å².